The van der Waals surface area contributed by atoms with E-state index in [1.165, 1.54) is 24.0 Å². The molecule has 1 aromatic rings. The van der Waals surface area contributed by atoms with Crippen LogP contribution in [0.5, 0.6) is 0 Å². The first-order valence-electron chi connectivity index (χ1n) is 9.68. The summed E-state index contributed by atoms with van der Waals surface area (Å²) in [4.78, 5) is 26.8. The molecule has 1 saturated heterocycles. The summed E-state index contributed by atoms with van der Waals surface area (Å²) >= 11 is 0. The van der Waals surface area contributed by atoms with Crippen molar-refractivity contribution >= 4 is 11.8 Å². The van der Waals surface area contributed by atoms with Crippen LogP contribution in [0.1, 0.15) is 42.9 Å². The summed E-state index contributed by atoms with van der Waals surface area (Å²) in [5.41, 5.74) is 5.56. The highest BCUT2D eigenvalue weighted by molar-refractivity contribution is 5.78. The number of alkyl halides is 5. The van der Waals surface area contributed by atoms with Gasteiger partial charge in [-0.05, 0) is 31.0 Å². The minimum atomic E-state index is -4.49. The number of hydrogen-bond acceptors (Lipinski definition) is 3. The van der Waals surface area contributed by atoms with Gasteiger partial charge >= 0.3 is 6.18 Å². The van der Waals surface area contributed by atoms with Gasteiger partial charge in [-0.3, -0.25) is 9.59 Å². The molecule has 1 fully saturated rings. The first-order chi connectivity index (χ1) is 13.8. The zero-order valence-electron chi connectivity index (χ0n) is 16.9. The van der Waals surface area contributed by atoms with E-state index in [1.54, 1.807) is 6.92 Å². The average Bonchev–Trinajstić information content (AvgIpc) is 2.62. The molecule has 2 amide bonds. The summed E-state index contributed by atoms with van der Waals surface area (Å²) in [5.74, 6) is -3.83. The van der Waals surface area contributed by atoms with E-state index in [-0.39, 0.29) is 38.0 Å². The standard InChI is InChI=1S/C20H26F5N3O2/c1-3-27(10-14-5-4-6-16(13(14)2)20(23,24)25)18(30)9-15(26)11-28-12-19(21,22)8-7-17(28)29/h4-6,15H,3,7-12,26H2,1-2H3/t15-/m0/s1. The third-order valence-electron chi connectivity index (χ3n) is 5.22. The molecule has 1 heterocycles. The number of rotatable bonds is 7. The second-order valence-corrected chi connectivity index (χ2v) is 7.59. The molecular weight excluding hydrogens is 409 g/mol. The molecule has 0 radical (unpaired) electrons. The van der Waals surface area contributed by atoms with Crippen LogP contribution in [0.25, 0.3) is 0 Å². The van der Waals surface area contributed by atoms with Crippen molar-refractivity contribution < 1.29 is 31.5 Å². The van der Waals surface area contributed by atoms with Crippen molar-refractivity contribution in [3.8, 4) is 0 Å². The Hall–Kier alpha value is -2.23. The van der Waals surface area contributed by atoms with Gasteiger partial charge in [-0.1, -0.05) is 12.1 Å². The van der Waals surface area contributed by atoms with Crippen LogP contribution in [-0.2, 0) is 22.3 Å². The first kappa shape index (κ1) is 24.0. The Bertz CT molecular complexity index is 782. The van der Waals surface area contributed by atoms with Gasteiger partial charge in [0.15, 0.2) is 0 Å². The van der Waals surface area contributed by atoms with Gasteiger partial charge in [-0.25, -0.2) is 8.78 Å². The lowest BCUT2D eigenvalue weighted by molar-refractivity contribution is -0.148. The molecule has 0 bridgehead atoms. The maximum Gasteiger partial charge on any atom is 0.416 e. The number of likely N-dealkylation sites (tertiary alicyclic amines) is 1. The first-order valence-corrected chi connectivity index (χ1v) is 9.68. The van der Waals surface area contributed by atoms with E-state index in [1.807, 2.05) is 0 Å². The minimum absolute atomic E-state index is 0.0292. The summed E-state index contributed by atoms with van der Waals surface area (Å²) in [7, 11) is 0. The monoisotopic (exact) mass is 435 g/mol. The molecule has 0 unspecified atom stereocenters. The number of hydrogen-bond donors (Lipinski definition) is 1. The molecule has 30 heavy (non-hydrogen) atoms. The third-order valence-corrected chi connectivity index (χ3v) is 5.22. The molecule has 0 spiro atoms. The van der Waals surface area contributed by atoms with E-state index in [0.29, 0.717) is 5.56 Å². The van der Waals surface area contributed by atoms with Gasteiger partial charge in [0.05, 0.1) is 12.1 Å². The predicted octanol–water partition coefficient (Wildman–Crippen LogP) is 3.34. The molecule has 1 aliphatic heterocycles. The maximum atomic E-state index is 13.5. The molecule has 1 aliphatic rings. The molecule has 1 atom stereocenters. The highest BCUT2D eigenvalue weighted by Crippen LogP contribution is 2.33. The number of carbonyl (C=O) groups excluding carboxylic acids is 2. The van der Waals surface area contributed by atoms with Crippen molar-refractivity contribution in [1.82, 2.24) is 9.80 Å². The van der Waals surface area contributed by atoms with Crippen molar-refractivity contribution in [3.63, 3.8) is 0 Å². The number of amides is 2. The molecular formula is C20H26F5N3O2. The van der Waals surface area contributed by atoms with Gasteiger partial charge in [-0.2, -0.15) is 13.2 Å². The van der Waals surface area contributed by atoms with Crippen molar-refractivity contribution in [1.29, 1.82) is 0 Å². The van der Waals surface area contributed by atoms with Crippen LogP contribution in [-0.4, -0.2) is 53.2 Å². The second-order valence-electron chi connectivity index (χ2n) is 7.59. The van der Waals surface area contributed by atoms with E-state index < -0.39 is 48.5 Å². The van der Waals surface area contributed by atoms with Crippen LogP contribution in [0.3, 0.4) is 0 Å². The maximum absolute atomic E-state index is 13.5. The van der Waals surface area contributed by atoms with E-state index in [9.17, 15) is 31.5 Å². The third kappa shape index (κ3) is 6.13. The van der Waals surface area contributed by atoms with E-state index in [2.05, 4.69) is 0 Å². The van der Waals surface area contributed by atoms with Crippen LogP contribution in [0.15, 0.2) is 18.2 Å². The fourth-order valence-electron chi connectivity index (χ4n) is 3.51. The van der Waals surface area contributed by atoms with Gasteiger partial charge in [0.25, 0.3) is 5.92 Å². The van der Waals surface area contributed by atoms with Crippen molar-refractivity contribution in [2.24, 2.45) is 5.73 Å². The zero-order chi connectivity index (χ0) is 22.7. The SMILES string of the molecule is CCN(Cc1cccc(C(F)(F)F)c1C)C(=O)C[C@H](N)CN1CC(F)(F)CCC1=O. The Morgan fingerprint density at radius 2 is 2.00 bits per heavy atom. The number of benzene rings is 1. The van der Waals surface area contributed by atoms with Gasteiger partial charge < -0.3 is 15.5 Å². The van der Waals surface area contributed by atoms with Gasteiger partial charge in [-0.15, -0.1) is 0 Å². The van der Waals surface area contributed by atoms with E-state index in [4.69, 9.17) is 5.73 Å². The predicted molar refractivity (Wildman–Crippen MR) is 101 cm³/mol. The van der Waals surface area contributed by atoms with Gasteiger partial charge in [0.2, 0.25) is 11.8 Å². The number of nitrogens with zero attached hydrogens (tertiary/aromatic N) is 2. The fraction of sp³-hybridized carbons (Fsp3) is 0.600. The summed E-state index contributed by atoms with van der Waals surface area (Å²) in [6.45, 7) is 2.33. The summed E-state index contributed by atoms with van der Waals surface area (Å²) in [6, 6.07) is 2.94. The Balaban J connectivity index is 2.02. The van der Waals surface area contributed by atoms with Crippen LogP contribution >= 0.6 is 0 Å². The topological polar surface area (TPSA) is 66.6 Å². The zero-order valence-corrected chi connectivity index (χ0v) is 16.9. The molecule has 10 heteroatoms. The lowest BCUT2D eigenvalue weighted by atomic mass is 10.0. The van der Waals surface area contributed by atoms with Crippen LogP contribution in [0, 0.1) is 6.92 Å². The van der Waals surface area contributed by atoms with Crippen molar-refractivity contribution in [2.45, 2.75) is 57.8 Å². The van der Waals surface area contributed by atoms with Crippen molar-refractivity contribution in [2.75, 3.05) is 19.6 Å². The molecule has 0 aliphatic carbocycles. The lowest BCUT2D eigenvalue weighted by Gasteiger charge is -2.34. The molecule has 0 saturated carbocycles. The minimum Gasteiger partial charge on any atom is -0.339 e. The Labute approximate surface area is 172 Å². The molecule has 168 valence electrons. The molecule has 2 rings (SSSR count). The summed E-state index contributed by atoms with van der Waals surface area (Å²) in [6.07, 6.45) is -5.48. The van der Waals surface area contributed by atoms with Gasteiger partial charge in [0.1, 0.15) is 0 Å². The Kier molecular flexibility index (Phi) is 7.44. The second kappa shape index (κ2) is 9.28. The Morgan fingerprint density at radius 1 is 1.33 bits per heavy atom. The number of carbonyl (C=O) groups is 2. The normalized spacial score (nSPS) is 17.7. The van der Waals surface area contributed by atoms with Crippen LogP contribution in [0.4, 0.5) is 22.0 Å². The van der Waals surface area contributed by atoms with E-state index >= 15 is 0 Å². The van der Waals surface area contributed by atoms with Crippen molar-refractivity contribution in [3.05, 3.63) is 34.9 Å². The number of halogens is 5. The lowest BCUT2D eigenvalue weighted by Crippen LogP contribution is -2.51. The smallest absolute Gasteiger partial charge is 0.339 e. The quantitative estimate of drug-likeness (QED) is 0.668. The fourth-order valence-corrected chi connectivity index (χ4v) is 3.51. The van der Waals surface area contributed by atoms with Gasteiger partial charge in [0, 0.05) is 44.9 Å². The highest BCUT2D eigenvalue weighted by atomic mass is 19.4. The van der Waals surface area contributed by atoms with Crippen LogP contribution < -0.4 is 5.73 Å². The number of nitrogens with two attached hydrogens (primary N) is 1. The van der Waals surface area contributed by atoms with Crippen LogP contribution in [0.2, 0.25) is 0 Å². The van der Waals surface area contributed by atoms with E-state index in [0.717, 1.165) is 11.0 Å². The average molecular weight is 435 g/mol. The summed E-state index contributed by atoms with van der Waals surface area (Å²) in [5, 5.41) is 0. The molecule has 2 N–H and O–H groups in total. The number of piperidine rings is 1. The molecule has 5 nitrogen and oxygen atoms in total. The highest BCUT2D eigenvalue weighted by Gasteiger charge is 2.39. The summed E-state index contributed by atoms with van der Waals surface area (Å²) < 4.78 is 66.4. The molecule has 0 aromatic heterocycles. The molecule has 1 aromatic carbocycles. The Morgan fingerprint density at radius 3 is 2.60 bits per heavy atom. The largest absolute Gasteiger partial charge is 0.416 e.